The fourth-order valence-electron chi connectivity index (χ4n) is 1.57. The summed E-state index contributed by atoms with van der Waals surface area (Å²) in [5.74, 6) is -0.295. The Morgan fingerprint density at radius 1 is 1.33 bits per heavy atom. The van der Waals surface area contributed by atoms with Gasteiger partial charge in [-0.25, -0.2) is 8.42 Å². The summed E-state index contributed by atoms with van der Waals surface area (Å²) < 4.78 is 23.2. The van der Waals surface area contributed by atoms with Crippen LogP contribution >= 0.6 is 0 Å². The Bertz CT molecular complexity index is 508. The highest BCUT2D eigenvalue weighted by molar-refractivity contribution is 7.91. The van der Waals surface area contributed by atoms with Crippen LogP contribution in [0.25, 0.3) is 0 Å². The molecule has 0 unspecified atom stereocenters. The normalized spacial score (nSPS) is 10.9. The first-order chi connectivity index (χ1) is 8.46. The summed E-state index contributed by atoms with van der Waals surface area (Å²) in [7, 11) is -3.18. The Morgan fingerprint density at radius 3 is 2.44 bits per heavy atom. The van der Waals surface area contributed by atoms with Crippen LogP contribution in [0.2, 0.25) is 0 Å². The zero-order chi connectivity index (χ0) is 13.6. The zero-order valence-electron chi connectivity index (χ0n) is 10.4. The summed E-state index contributed by atoms with van der Waals surface area (Å²) >= 11 is 0. The Morgan fingerprint density at radius 2 is 1.94 bits per heavy atom. The van der Waals surface area contributed by atoms with Crippen LogP contribution in [0, 0.1) is 0 Å². The Kier molecular flexibility index (Phi) is 5.09. The van der Waals surface area contributed by atoms with Crippen molar-refractivity contribution in [2.45, 2.75) is 6.92 Å². The first-order valence-corrected chi connectivity index (χ1v) is 7.43. The highest BCUT2D eigenvalue weighted by Gasteiger charge is 2.15. The highest BCUT2D eigenvalue weighted by atomic mass is 32.2. The van der Waals surface area contributed by atoms with Gasteiger partial charge in [0.1, 0.15) is 0 Å². The maximum atomic E-state index is 11.6. The van der Waals surface area contributed by atoms with Crippen LogP contribution in [0.15, 0.2) is 43.0 Å². The number of sulfone groups is 1. The van der Waals surface area contributed by atoms with Gasteiger partial charge in [0, 0.05) is 19.2 Å². The molecule has 0 aliphatic heterocycles. The first kappa shape index (κ1) is 14.4. The predicted molar refractivity (Wildman–Crippen MR) is 73.3 cm³/mol. The molecule has 4 nitrogen and oxygen atoms in total. The van der Waals surface area contributed by atoms with Gasteiger partial charge in [-0.1, -0.05) is 24.3 Å². The van der Waals surface area contributed by atoms with E-state index in [1.54, 1.807) is 12.1 Å². The average molecular weight is 267 g/mol. The fourth-order valence-corrected chi connectivity index (χ4v) is 2.56. The number of hydrogen-bond acceptors (Lipinski definition) is 3. The van der Waals surface area contributed by atoms with E-state index in [2.05, 4.69) is 6.58 Å². The summed E-state index contributed by atoms with van der Waals surface area (Å²) in [5.41, 5.74) is 0.707. The van der Waals surface area contributed by atoms with Crippen LogP contribution in [-0.4, -0.2) is 32.4 Å². The third-order valence-corrected chi connectivity index (χ3v) is 3.99. The van der Waals surface area contributed by atoms with E-state index in [-0.39, 0.29) is 24.0 Å². The minimum Gasteiger partial charge on any atom is -0.312 e. The molecule has 98 valence electrons. The third-order valence-electron chi connectivity index (χ3n) is 2.45. The molecule has 1 amide bonds. The first-order valence-electron chi connectivity index (χ1n) is 5.61. The molecule has 18 heavy (non-hydrogen) atoms. The molecule has 0 fully saturated rings. The molecule has 5 heteroatoms. The molecule has 0 atom stereocenters. The lowest BCUT2D eigenvalue weighted by Gasteiger charge is -2.20. The van der Waals surface area contributed by atoms with Gasteiger partial charge in [0.05, 0.1) is 11.5 Å². The summed E-state index contributed by atoms with van der Waals surface area (Å²) in [6.07, 6.45) is 1.36. The molecule has 1 rings (SSSR count). The molecule has 1 aromatic carbocycles. The van der Waals surface area contributed by atoms with Gasteiger partial charge in [-0.2, -0.15) is 0 Å². The van der Waals surface area contributed by atoms with Crippen LogP contribution in [0.5, 0.6) is 0 Å². The molecule has 0 bridgehead atoms. The predicted octanol–water partition coefficient (Wildman–Crippen LogP) is 1.64. The standard InChI is InChI=1S/C13H17NO3S/c1-3-10-18(16,17)11-9-14(12(2)15)13-7-5-4-6-8-13/h3-8H,1,9-11H2,2H3. The second kappa shape index (κ2) is 6.35. The molecule has 0 spiro atoms. The molecular formula is C13H17NO3S. The second-order valence-electron chi connectivity index (χ2n) is 3.91. The SMILES string of the molecule is C=CCS(=O)(=O)CCN(C(C)=O)c1ccccc1. The summed E-state index contributed by atoms with van der Waals surface area (Å²) in [6, 6.07) is 9.02. The summed E-state index contributed by atoms with van der Waals surface area (Å²) in [5, 5.41) is 0. The number of hydrogen-bond donors (Lipinski definition) is 0. The van der Waals surface area contributed by atoms with E-state index in [1.165, 1.54) is 17.9 Å². The molecule has 0 N–H and O–H groups in total. The number of amides is 1. The second-order valence-corrected chi connectivity index (χ2v) is 6.14. The van der Waals surface area contributed by atoms with Crippen molar-refractivity contribution >= 4 is 21.4 Å². The summed E-state index contributed by atoms with van der Waals surface area (Å²) in [6.45, 7) is 4.99. The van der Waals surface area contributed by atoms with Crippen molar-refractivity contribution in [3.63, 3.8) is 0 Å². The number of carbonyl (C=O) groups is 1. The van der Waals surface area contributed by atoms with Crippen LogP contribution in [0.3, 0.4) is 0 Å². The minimum absolute atomic E-state index is 0.0620. The van der Waals surface area contributed by atoms with Crippen molar-refractivity contribution in [1.82, 2.24) is 0 Å². The van der Waals surface area contributed by atoms with Crippen LogP contribution in [0.4, 0.5) is 5.69 Å². The van der Waals surface area contributed by atoms with Gasteiger partial charge >= 0.3 is 0 Å². The quantitative estimate of drug-likeness (QED) is 0.736. The lowest BCUT2D eigenvalue weighted by molar-refractivity contribution is -0.116. The monoisotopic (exact) mass is 267 g/mol. The van der Waals surface area contributed by atoms with Gasteiger partial charge < -0.3 is 4.90 Å². The van der Waals surface area contributed by atoms with Crippen LogP contribution in [0.1, 0.15) is 6.92 Å². The number of benzene rings is 1. The number of rotatable bonds is 6. The minimum atomic E-state index is -3.18. The van der Waals surface area contributed by atoms with Crippen molar-refractivity contribution in [3.05, 3.63) is 43.0 Å². The number of anilines is 1. The smallest absolute Gasteiger partial charge is 0.223 e. The number of nitrogens with zero attached hydrogens (tertiary/aromatic N) is 1. The largest absolute Gasteiger partial charge is 0.312 e. The van der Waals surface area contributed by atoms with Gasteiger partial charge in [0.2, 0.25) is 5.91 Å². The fraction of sp³-hybridized carbons (Fsp3) is 0.308. The Hall–Kier alpha value is -1.62. The molecule has 0 radical (unpaired) electrons. The van der Waals surface area contributed by atoms with Gasteiger partial charge in [-0.3, -0.25) is 4.79 Å². The molecule has 0 saturated heterocycles. The number of carbonyl (C=O) groups excluding carboxylic acids is 1. The lowest BCUT2D eigenvalue weighted by Crippen LogP contribution is -2.33. The highest BCUT2D eigenvalue weighted by Crippen LogP contribution is 2.13. The van der Waals surface area contributed by atoms with Gasteiger partial charge in [0.25, 0.3) is 0 Å². The molecular weight excluding hydrogens is 250 g/mol. The van der Waals surface area contributed by atoms with Gasteiger partial charge in [0.15, 0.2) is 9.84 Å². The van der Waals surface area contributed by atoms with E-state index in [4.69, 9.17) is 0 Å². The molecule has 0 aromatic heterocycles. The molecule has 0 aliphatic rings. The number of para-hydroxylation sites is 1. The van der Waals surface area contributed by atoms with Crippen molar-refractivity contribution in [1.29, 1.82) is 0 Å². The third kappa shape index (κ3) is 4.33. The molecule has 0 aliphatic carbocycles. The molecule has 0 heterocycles. The average Bonchev–Trinajstić information content (AvgIpc) is 2.30. The Labute approximate surface area is 108 Å². The van der Waals surface area contributed by atoms with E-state index < -0.39 is 9.84 Å². The van der Waals surface area contributed by atoms with E-state index in [1.807, 2.05) is 18.2 Å². The topological polar surface area (TPSA) is 54.5 Å². The maximum absolute atomic E-state index is 11.6. The van der Waals surface area contributed by atoms with Crippen LogP contribution < -0.4 is 4.90 Å². The van der Waals surface area contributed by atoms with E-state index in [9.17, 15) is 13.2 Å². The van der Waals surface area contributed by atoms with Crippen LogP contribution in [-0.2, 0) is 14.6 Å². The molecule has 1 aromatic rings. The van der Waals surface area contributed by atoms with Crippen molar-refractivity contribution < 1.29 is 13.2 Å². The van der Waals surface area contributed by atoms with Crippen molar-refractivity contribution in [2.75, 3.05) is 23.0 Å². The zero-order valence-corrected chi connectivity index (χ0v) is 11.2. The van der Waals surface area contributed by atoms with E-state index >= 15 is 0 Å². The van der Waals surface area contributed by atoms with Gasteiger partial charge in [-0.05, 0) is 12.1 Å². The van der Waals surface area contributed by atoms with Gasteiger partial charge in [-0.15, -0.1) is 6.58 Å². The van der Waals surface area contributed by atoms with Crippen molar-refractivity contribution in [3.8, 4) is 0 Å². The lowest BCUT2D eigenvalue weighted by atomic mass is 10.3. The maximum Gasteiger partial charge on any atom is 0.223 e. The molecule has 0 saturated carbocycles. The van der Waals surface area contributed by atoms with E-state index in [0.29, 0.717) is 5.69 Å². The van der Waals surface area contributed by atoms with E-state index in [0.717, 1.165) is 0 Å². The Balaban J connectivity index is 2.78. The summed E-state index contributed by atoms with van der Waals surface area (Å²) in [4.78, 5) is 13.0. The van der Waals surface area contributed by atoms with Crippen molar-refractivity contribution in [2.24, 2.45) is 0 Å².